The lowest BCUT2D eigenvalue weighted by Gasteiger charge is -2.13. The maximum atomic E-state index is 6.10. The molecule has 0 aliphatic rings. The fourth-order valence-electron chi connectivity index (χ4n) is 1.42. The predicted octanol–water partition coefficient (Wildman–Crippen LogP) is 4.10. The van der Waals surface area contributed by atoms with Crippen molar-refractivity contribution in [1.29, 1.82) is 0 Å². The second-order valence-corrected chi connectivity index (χ2v) is 4.92. The van der Waals surface area contributed by atoms with Crippen molar-refractivity contribution >= 4 is 34.5 Å². The quantitative estimate of drug-likeness (QED) is 0.862. The minimum atomic E-state index is -0.244. The molecule has 1 unspecified atom stereocenters. The topological polar surface area (TPSA) is 26.0 Å². The van der Waals surface area contributed by atoms with Crippen LogP contribution < -0.4 is 5.73 Å². The van der Waals surface area contributed by atoms with E-state index in [1.54, 1.807) is 23.5 Å². The highest BCUT2D eigenvalue weighted by molar-refractivity contribution is 7.10. The molecule has 1 nitrogen and oxygen atoms in total. The van der Waals surface area contributed by atoms with Crippen LogP contribution in [-0.2, 0) is 0 Å². The van der Waals surface area contributed by atoms with Gasteiger partial charge in [-0.3, -0.25) is 0 Å². The maximum Gasteiger partial charge on any atom is 0.0675 e. The summed E-state index contributed by atoms with van der Waals surface area (Å²) < 4.78 is 0. The fraction of sp³-hybridized carbons (Fsp3) is 0.0909. The van der Waals surface area contributed by atoms with Crippen molar-refractivity contribution < 1.29 is 0 Å². The van der Waals surface area contributed by atoms with Crippen molar-refractivity contribution in [2.75, 3.05) is 0 Å². The molecule has 0 fully saturated rings. The first kappa shape index (κ1) is 11.0. The van der Waals surface area contributed by atoms with Crippen molar-refractivity contribution in [3.8, 4) is 0 Å². The van der Waals surface area contributed by atoms with Crippen molar-refractivity contribution in [2.45, 2.75) is 6.04 Å². The van der Waals surface area contributed by atoms with Gasteiger partial charge in [-0.1, -0.05) is 35.3 Å². The largest absolute Gasteiger partial charge is 0.320 e. The van der Waals surface area contributed by atoms with Crippen LogP contribution in [0.3, 0.4) is 0 Å². The number of halogens is 2. The van der Waals surface area contributed by atoms with Gasteiger partial charge in [0.05, 0.1) is 6.04 Å². The number of benzene rings is 1. The van der Waals surface area contributed by atoms with Gasteiger partial charge in [-0.2, -0.15) is 0 Å². The van der Waals surface area contributed by atoms with E-state index < -0.39 is 0 Å². The molecule has 0 amide bonds. The summed E-state index contributed by atoms with van der Waals surface area (Å²) in [5.41, 5.74) is 6.90. The third kappa shape index (κ3) is 2.18. The average molecular weight is 258 g/mol. The molecule has 2 N–H and O–H groups in total. The van der Waals surface area contributed by atoms with E-state index in [9.17, 15) is 0 Å². The molecule has 0 spiro atoms. The Bertz CT molecular complexity index is 433. The minimum absolute atomic E-state index is 0.244. The van der Waals surface area contributed by atoms with Gasteiger partial charge in [0.1, 0.15) is 0 Å². The Morgan fingerprint density at radius 3 is 2.27 bits per heavy atom. The summed E-state index contributed by atoms with van der Waals surface area (Å²) in [6, 6.07) is 9.12. The number of hydrogen-bond acceptors (Lipinski definition) is 2. The van der Waals surface area contributed by atoms with Crippen molar-refractivity contribution in [1.82, 2.24) is 0 Å². The van der Waals surface area contributed by atoms with Gasteiger partial charge in [0.15, 0.2) is 0 Å². The van der Waals surface area contributed by atoms with Gasteiger partial charge < -0.3 is 5.73 Å². The zero-order valence-electron chi connectivity index (χ0n) is 7.78. The van der Waals surface area contributed by atoms with E-state index in [1.807, 2.05) is 23.6 Å². The van der Waals surface area contributed by atoms with Gasteiger partial charge in [-0.15, -0.1) is 11.3 Å². The van der Waals surface area contributed by atoms with Crippen LogP contribution in [0.25, 0.3) is 0 Å². The highest BCUT2D eigenvalue weighted by Gasteiger charge is 2.16. The molecular weight excluding hydrogens is 249 g/mol. The van der Waals surface area contributed by atoms with Crippen LogP contribution in [0.5, 0.6) is 0 Å². The van der Waals surface area contributed by atoms with E-state index >= 15 is 0 Å². The van der Waals surface area contributed by atoms with Crippen molar-refractivity contribution in [2.24, 2.45) is 5.73 Å². The molecule has 78 valence electrons. The first-order chi connectivity index (χ1) is 7.20. The van der Waals surface area contributed by atoms with Crippen LogP contribution >= 0.6 is 34.5 Å². The highest BCUT2D eigenvalue weighted by atomic mass is 35.5. The average Bonchev–Trinajstić information content (AvgIpc) is 2.69. The van der Waals surface area contributed by atoms with Crippen LogP contribution in [0.4, 0.5) is 0 Å². The molecule has 0 saturated heterocycles. The fourth-order valence-corrected chi connectivity index (χ4v) is 2.79. The highest BCUT2D eigenvalue weighted by Crippen LogP contribution is 2.33. The Kier molecular flexibility index (Phi) is 3.32. The molecule has 0 aliphatic heterocycles. The molecule has 1 aromatic carbocycles. The van der Waals surface area contributed by atoms with E-state index in [2.05, 4.69) is 0 Å². The Balaban J connectivity index is 2.46. The first-order valence-corrected chi connectivity index (χ1v) is 6.06. The third-order valence-electron chi connectivity index (χ3n) is 2.16. The molecule has 2 rings (SSSR count). The van der Waals surface area contributed by atoms with E-state index in [0.29, 0.717) is 10.0 Å². The van der Waals surface area contributed by atoms with Crippen LogP contribution in [0.2, 0.25) is 10.0 Å². The van der Waals surface area contributed by atoms with E-state index in [0.717, 1.165) is 10.4 Å². The number of hydrogen-bond donors (Lipinski definition) is 1. The summed E-state index contributed by atoms with van der Waals surface area (Å²) in [6.07, 6.45) is 0. The smallest absolute Gasteiger partial charge is 0.0675 e. The monoisotopic (exact) mass is 257 g/mol. The molecule has 2 aromatic rings. The summed E-state index contributed by atoms with van der Waals surface area (Å²) >= 11 is 13.8. The molecule has 0 radical (unpaired) electrons. The lowest BCUT2D eigenvalue weighted by atomic mass is 10.1. The summed E-state index contributed by atoms with van der Waals surface area (Å²) in [4.78, 5) is 1.06. The Hall–Kier alpha value is -0.540. The second-order valence-electron chi connectivity index (χ2n) is 3.13. The van der Waals surface area contributed by atoms with Crippen molar-refractivity contribution in [3.05, 3.63) is 56.2 Å². The minimum Gasteiger partial charge on any atom is -0.320 e. The standard InChI is InChI=1S/C11H9Cl2NS/c12-7-3-1-4-8(13)10(7)11(14)9-5-2-6-15-9/h1-6,11H,14H2. The molecule has 15 heavy (non-hydrogen) atoms. The van der Waals surface area contributed by atoms with Crippen LogP contribution in [0, 0.1) is 0 Å². The molecule has 1 aromatic heterocycles. The van der Waals surface area contributed by atoms with E-state index in [-0.39, 0.29) is 6.04 Å². The molecule has 0 saturated carbocycles. The van der Waals surface area contributed by atoms with Crippen LogP contribution in [0.15, 0.2) is 35.7 Å². The van der Waals surface area contributed by atoms with Gasteiger partial charge in [0, 0.05) is 20.5 Å². The van der Waals surface area contributed by atoms with Gasteiger partial charge in [-0.05, 0) is 23.6 Å². The Labute approximate surface area is 102 Å². The maximum absolute atomic E-state index is 6.10. The Morgan fingerprint density at radius 2 is 1.73 bits per heavy atom. The molecule has 0 aliphatic carbocycles. The van der Waals surface area contributed by atoms with E-state index in [4.69, 9.17) is 28.9 Å². The van der Waals surface area contributed by atoms with Gasteiger partial charge in [-0.25, -0.2) is 0 Å². The van der Waals surface area contributed by atoms with Gasteiger partial charge >= 0.3 is 0 Å². The third-order valence-corrected chi connectivity index (χ3v) is 3.77. The zero-order chi connectivity index (χ0) is 10.8. The molecule has 1 heterocycles. The lowest BCUT2D eigenvalue weighted by molar-refractivity contribution is 0.894. The Morgan fingerprint density at radius 1 is 1.07 bits per heavy atom. The van der Waals surface area contributed by atoms with Gasteiger partial charge in [0.25, 0.3) is 0 Å². The number of rotatable bonds is 2. The summed E-state index contributed by atoms with van der Waals surface area (Å²) in [7, 11) is 0. The number of nitrogens with two attached hydrogens (primary N) is 1. The SMILES string of the molecule is NC(c1cccs1)c1c(Cl)cccc1Cl. The summed E-state index contributed by atoms with van der Waals surface area (Å²) in [6.45, 7) is 0. The molecular formula is C11H9Cl2NS. The van der Waals surface area contributed by atoms with Crippen LogP contribution in [0.1, 0.15) is 16.5 Å². The number of thiophene rings is 1. The summed E-state index contributed by atoms with van der Waals surface area (Å²) in [5.74, 6) is 0. The molecule has 0 bridgehead atoms. The molecule has 4 heteroatoms. The zero-order valence-corrected chi connectivity index (χ0v) is 10.1. The second kappa shape index (κ2) is 4.54. The van der Waals surface area contributed by atoms with Crippen molar-refractivity contribution in [3.63, 3.8) is 0 Å². The lowest BCUT2D eigenvalue weighted by Crippen LogP contribution is -2.11. The first-order valence-electron chi connectivity index (χ1n) is 4.43. The molecule has 1 atom stereocenters. The summed E-state index contributed by atoms with van der Waals surface area (Å²) in [5, 5.41) is 3.21. The predicted molar refractivity (Wildman–Crippen MR) is 66.8 cm³/mol. The van der Waals surface area contributed by atoms with E-state index in [1.165, 1.54) is 0 Å². The normalized spacial score (nSPS) is 12.7. The van der Waals surface area contributed by atoms with Crippen LogP contribution in [-0.4, -0.2) is 0 Å². The van der Waals surface area contributed by atoms with Gasteiger partial charge in [0.2, 0.25) is 0 Å².